The molecule has 1 amide bonds. The molecule has 2 aromatic carbocycles. The zero-order valence-electron chi connectivity index (χ0n) is 17.6. The molecule has 0 saturated heterocycles. The highest BCUT2D eigenvalue weighted by molar-refractivity contribution is 6.08. The molecular weight excluding hydrogens is 384 g/mol. The summed E-state index contributed by atoms with van der Waals surface area (Å²) in [7, 11) is 0. The second kappa shape index (κ2) is 9.79. The van der Waals surface area contributed by atoms with E-state index in [9.17, 15) is 14.7 Å². The van der Waals surface area contributed by atoms with Crippen LogP contribution in [0.3, 0.4) is 0 Å². The third-order valence-electron chi connectivity index (χ3n) is 4.32. The topological polar surface area (TPSA) is 109 Å². The molecule has 0 radical (unpaired) electrons. The Labute approximate surface area is 176 Å². The van der Waals surface area contributed by atoms with Crippen molar-refractivity contribution < 1.29 is 24.2 Å². The molecule has 0 aliphatic heterocycles. The van der Waals surface area contributed by atoms with Gasteiger partial charge in [0.15, 0.2) is 11.7 Å². The van der Waals surface area contributed by atoms with E-state index in [0.29, 0.717) is 30.4 Å². The van der Waals surface area contributed by atoms with Gasteiger partial charge in [0, 0.05) is 11.3 Å². The lowest BCUT2D eigenvalue weighted by Gasteiger charge is -2.21. The van der Waals surface area contributed by atoms with Crippen molar-refractivity contribution in [3.63, 3.8) is 0 Å². The summed E-state index contributed by atoms with van der Waals surface area (Å²) in [6.07, 6.45) is 0. The quantitative estimate of drug-likeness (QED) is 0.506. The number of hydrogen-bond acceptors (Lipinski definition) is 6. The van der Waals surface area contributed by atoms with Crippen molar-refractivity contribution in [2.45, 2.75) is 33.1 Å². The van der Waals surface area contributed by atoms with Crippen LogP contribution in [-0.2, 0) is 15.0 Å². The molecule has 0 aromatic heterocycles. The van der Waals surface area contributed by atoms with E-state index >= 15 is 0 Å². The summed E-state index contributed by atoms with van der Waals surface area (Å²) in [5, 5.41) is 21.4. The molecule has 158 valence electrons. The minimum atomic E-state index is -1.32. The highest BCUT2D eigenvalue weighted by Crippen LogP contribution is 2.33. The molecule has 2 aromatic rings. The summed E-state index contributed by atoms with van der Waals surface area (Å²) < 4.78 is 11.3. The summed E-state index contributed by atoms with van der Waals surface area (Å²) >= 11 is 0. The van der Waals surface area contributed by atoms with Crippen LogP contribution in [0.25, 0.3) is 0 Å². The van der Waals surface area contributed by atoms with E-state index in [1.807, 2.05) is 26.8 Å². The number of amides is 1. The average Bonchev–Trinajstić information content (AvgIpc) is 2.67. The second-order valence-electron chi connectivity index (χ2n) is 7.81. The Morgan fingerprint density at radius 3 is 2.17 bits per heavy atom. The fraction of sp³-hybridized carbons (Fsp3) is 0.348. The van der Waals surface area contributed by atoms with Crippen LogP contribution >= 0.6 is 0 Å². The number of phenols is 1. The number of benzene rings is 2. The largest absolute Gasteiger partial charge is 0.508 e. The molecule has 0 bridgehead atoms. The number of ether oxygens (including phenoxy) is 2. The van der Waals surface area contributed by atoms with Crippen molar-refractivity contribution >= 4 is 17.4 Å². The number of ketones is 1. The average molecular weight is 410 g/mol. The zero-order chi connectivity index (χ0) is 22.3. The Balaban J connectivity index is 1.85. The normalized spacial score (nSPS) is 11.8. The van der Waals surface area contributed by atoms with Crippen LogP contribution in [0.4, 0.5) is 5.69 Å². The molecular formula is C23H26N2O5. The minimum Gasteiger partial charge on any atom is -0.508 e. The number of rotatable bonds is 8. The van der Waals surface area contributed by atoms with Gasteiger partial charge in [0.2, 0.25) is 5.91 Å². The lowest BCUT2D eigenvalue weighted by atomic mass is 9.86. The smallest absolute Gasteiger partial charge is 0.249 e. The van der Waals surface area contributed by atoms with Gasteiger partial charge < -0.3 is 19.9 Å². The molecule has 1 unspecified atom stereocenters. The van der Waals surface area contributed by atoms with Gasteiger partial charge in [0.1, 0.15) is 30.5 Å². The molecule has 0 heterocycles. The van der Waals surface area contributed by atoms with Crippen LogP contribution in [0.5, 0.6) is 17.2 Å². The fourth-order valence-corrected chi connectivity index (χ4v) is 2.71. The van der Waals surface area contributed by atoms with Gasteiger partial charge in [0.05, 0.1) is 6.07 Å². The lowest BCUT2D eigenvalue weighted by molar-refractivity contribution is -0.127. The lowest BCUT2D eigenvalue weighted by Crippen LogP contribution is -2.26. The fourth-order valence-electron chi connectivity index (χ4n) is 2.71. The van der Waals surface area contributed by atoms with E-state index in [-0.39, 0.29) is 11.2 Å². The van der Waals surface area contributed by atoms with E-state index in [4.69, 9.17) is 14.7 Å². The monoisotopic (exact) mass is 410 g/mol. The summed E-state index contributed by atoms with van der Waals surface area (Å²) in [5.74, 6) is -1.01. The molecule has 2 rings (SSSR count). The molecule has 30 heavy (non-hydrogen) atoms. The SMILES string of the molecule is CC(=O)C(C#N)C(=O)Nc1ccc(OCCOc2ccc(O)c(C(C)(C)C)c2)cc1. The number of anilines is 1. The Morgan fingerprint density at radius 1 is 1.07 bits per heavy atom. The van der Waals surface area contributed by atoms with Crippen molar-refractivity contribution in [1.82, 2.24) is 0 Å². The number of nitriles is 1. The summed E-state index contributed by atoms with van der Waals surface area (Å²) in [4.78, 5) is 23.2. The van der Waals surface area contributed by atoms with Crippen molar-refractivity contribution in [1.29, 1.82) is 5.26 Å². The van der Waals surface area contributed by atoms with E-state index < -0.39 is 17.6 Å². The third-order valence-corrected chi connectivity index (χ3v) is 4.32. The van der Waals surface area contributed by atoms with Crippen molar-refractivity contribution in [2.75, 3.05) is 18.5 Å². The summed E-state index contributed by atoms with van der Waals surface area (Å²) in [6, 6.07) is 13.4. The van der Waals surface area contributed by atoms with Gasteiger partial charge in [-0.2, -0.15) is 5.26 Å². The van der Waals surface area contributed by atoms with Crippen LogP contribution < -0.4 is 14.8 Å². The maximum Gasteiger partial charge on any atom is 0.249 e. The highest BCUT2D eigenvalue weighted by Gasteiger charge is 2.22. The van der Waals surface area contributed by atoms with E-state index in [2.05, 4.69) is 5.32 Å². The molecule has 1 atom stereocenters. The Kier molecular flexibility index (Phi) is 7.43. The molecule has 7 nitrogen and oxygen atoms in total. The highest BCUT2D eigenvalue weighted by atomic mass is 16.5. The predicted octanol–water partition coefficient (Wildman–Crippen LogP) is 3.81. The number of carbonyl (C=O) groups is 2. The Bertz CT molecular complexity index is 940. The Hall–Kier alpha value is -3.53. The number of phenolic OH excluding ortho intramolecular Hbond substituents is 1. The molecule has 0 aliphatic rings. The van der Waals surface area contributed by atoms with Crippen LogP contribution in [-0.4, -0.2) is 30.0 Å². The van der Waals surface area contributed by atoms with Crippen molar-refractivity contribution in [3.05, 3.63) is 48.0 Å². The van der Waals surface area contributed by atoms with Gasteiger partial charge in [-0.15, -0.1) is 0 Å². The second-order valence-corrected chi connectivity index (χ2v) is 7.81. The minimum absolute atomic E-state index is 0.200. The first-order chi connectivity index (χ1) is 14.1. The standard InChI is InChI=1S/C23H26N2O5/c1-15(26)19(14-24)22(28)25-16-5-7-17(8-6-16)29-11-12-30-18-9-10-21(27)20(13-18)23(2,3)4/h5-10,13,19,27H,11-12H2,1-4H3,(H,25,28). The number of hydrogen-bond donors (Lipinski definition) is 2. The number of carbonyl (C=O) groups excluding carboxylic acids is 2. The van der Waals surface area contributed by atoms with E-state index in [1.54, 1.807) is 42.5 Å². The number of nitrogens with one attached hydrogen (secondary N) is 1. The van der Waals surface area contributed by atoms with Crippen LogP contribution in [0.2, 0.25) is 0 Å². The zero-order valence-corrected chi connectivity index (χ0v) is 17.6. The number of nitrogens with zero attached hydrogens (tertiary/aromatic N) is 1. The first-order valence-corrected chi connectivity index (χ1v) is 9.52. The summed E-state index contributed by atoms with van der Waals surface area (Å²) in [5.41, 5.74) is 1.07. The maximum atomic E-state index is 11.9. The Morgan fingerprint density at radius 2 is 1.63 bits per heavy atom. The summed E-state index contributed by atoms with van der Waals surface area (Å²) in [6.45, 7) is 7.87. The number of aromatic hydroxyl groups is 1. The molecule has 0 aliphatic carbocycles. The molecule has 2 N–H and O–H groups in total. The van der Waals surface area contributed by atoms with Gasteiger partial charge in [-0.1, -0.05) is 20.8 Å². The number of Topliss-reactive ketones (excluding diaryl/α,β-unsaturated/α-hetero) is 1. The molecule has 0 spiro atoms. The van der Waals surface area contributed by atoms with Gasteiger partial charge in [-0.05, 0) is 54.8 Å². The van der Waals surface area contributed by atoms with Crippen molar-refractivity contribution in [3.8, 4) is 23.3 Å². The van der Waals surface area contributed by atoms with Crippen LogP contribution in [0.15, 0.2) is 42.5 Å². The molecule has 0 fully saturated rings. The predicted molar refractivity (Wildman–Crippen MR) is 113 cm³/mol. The van der Waals surface area contributed by atoms with Crippen LogP contribution in [0.1, 0.15) is 33.3 Å². The van der Waals surface area contributed by atoms with Gasteiger partial charge in [0.25, 0.3) is 0 Å². The first kappa shape index (κ1) is 22.8. The van der Waals surface area contributed by atoms with E-state index in [1.165, 1.54) is 6.92 Å². The molecule has 0 saturated carbocycles. The van der Waals surface area contributed by atoms with Gasteiger partial charge in [-0.3, -0.25) is 9.59 Å². The van der Waals surface area contributed by atoms with Gasteiger partial charge >= 0.3 is 0 Å². The van der Waals surface area contributed by atoms with E-state index in [0.717, 1.165) is 5.56 Å². The maximum absolute atomic E-state index is 11.9. The van der Waals surface area contributed by atoms with Crippen molar-refractivity contribution in [2.24, 2.45) is 5.92 Å². The first-order valence-electron chi connectivity index (χ1n) is 9.52. The van der Waals surface area contributed by atoms with Gasteiger partial charge in [-0.25, -0.2) is 0 Å². The van der Waals surface area contributed by atoms with Crippen LogP contribution in [0, 0.1) is 17.2 Å². The third kappa shape index (κ3) is 6.24. The molecule has 7 heteroatoms.